The van der Waals surface area contributed by atoms with Gasteiger partial charge in [-0.3, -0.25) is 0 Å². The highest BCUT2D eigenvalue weighted by atomic mass is 79.9. The lowest BCUT2D eigenvalue weighted by atomic mass is 9.97. The second-order valence-corrected chi connectivity index (χ2v) is 21.7. The van der Waals surface area contributed by atoms with Crippen LogP contribution >= 0.6 is 27.5 Å². The Balaban J connectivity index is 0.000000306. The molecular formula is C60H86BrClF6N14O6. The van der Waals surface area contributed by atoms with Gasteiger partial charge in [-0.15, -0.1) is 31.4 Å². The van der Waals surface area contributed by atoms with Crippen molar-refractivity contribution in [3.63, 3.8) is 0 Å². The predicted octanol–water partition coefficient (Wildman–Crippen LogP) is 9.38. The minimum Gasteiger partial charge on any atom is -0.406 e. The summed E-state index contributed by atoms with van der Waals surface area (Å²) in [6.45, 7) is 13.0. The van der Waals surface area contributed by atoms with Crippen molar-refractivity contribution in [2.24, 2.45) is 29.4 Å². The standard InChI is InChI=1S/C21H24F3N5O2.C13H7ClF3N3O.C8H18N2O.C8H14N2O.C6H10N2.C2H5BrO.2CH4/c22-21(23,24)31-17-3-1-2-16(12-17)18-14-26-20-5-4-19(27-29(18)20)25-13-15-6-8-28(9-7-15)10-11-30;14-11-4-5-12-18-7-10(20(12)19-11)8-2-1-3-9(6-8)21-13(15,16)17;2*9-7-8-1-3-10(4-2-8)5-6-11;7-5-6-1-3-8-4-2-6;3-1-2-4;;/h1-5,12,14-15,30H,6-11,13H2,(H,25,27);1-7H;8,11H,1-7,9H2;8,11H,1-6H2;6,8H,1-4H2;4H,1-2H2;2*1H4. The zero-order valence-corrected chi connectivity index (χ0v) is 50.2. The van der Waals surface area contributed by atoms with Crippen molar-refractivity contribution >= 4 is 44.6 Å². The number of nitrogens with two attached hydrogens (primary N) is 1. The molecule has 0 radical (unpaired) electrons. The number of piperidine rings is 4. The Labute approximate surface area is 525 Å². The SMILES string of the molecule is C.C.FC(F)(F)Oc1cccc(-c2cnc3ccc(Cl)nn23)c1.N#CC1CCN(CCO)CC1.N#CC1CCNCC1.NCC1CCN(CCO)CC1.OCCBr.OCCN1CCC(CNc2ccc3ncc(-c4cccc(OC(F)(F)F)c4)n3n2)CC1. The minimum absolute atomic E-state index is 0. The van der Waals surface area contributed by atoms with Gasteiger partial charge in [0, 0.05) is 54.5 Å². The number of benzene rings is 2. The summed E-state index contributed by atoms with van der Waals surface area (Å²) in [5.74, 6) is 1.91. The Hall–Kier alpha value is -5.95. The summed E-state index contributed by atoms with van der Waals surface area (Å²) in [6, 6.07) is 22.8. The van der Waals surface area contributed by atoms with Crippen LogP contribution in [-0.4, -0.2) is 194 Å². The van der Waals surface area contributed by atoms with Crippen molar-refractivity contribution in [1.82, 2.24) is 49.2 Å². The summed E-state index contributed by atoms with van der Waals surface area (Å²) < 4.78 is 85.4. The van der Waals surface area contributed by atoms with Crippen LogP contribution in [-0.2, 0) is 0 Å². The van der Waals surface area contributed by atoms with Crippen molar-refractivity contribution in [1.29, 1.82) is 10.5 Å². The van der Waals surface area contributed by atoms with Crippen molar-refractivity contribution < 1.29 is 56.2 Å². The zero-order valence-electron chi connectivity index (χ0n) is 47.9. The Kier molecular flexibility index (Phi) is 35.2. The average Bonchev–Trinajstić information content (AvgIpc) is 4.35. The number of fused-ring (bicyclic) bond motifs is 2. The van der Waals surface area contributed by atoms with Crippen LogP contribution in [0.15, 0.2) is 85.2 Å². The van der Waals surface area contributed by atoms with Gasteiger partial charge >= 0.3 is 12.7 Å². The topological polar surface area (TPSA) is 267 Å². The van der Waals surface area contributed by atoms with Gasteiger partial charge < -0.3 is 61.0 Å². The van der Waals surface area contributed by atoms with E-state index in [4.69, 9.17) is 48.3 Å². The van der Waals surface area contributed by atoms with E-state index in [2.05, 4.69) is 83.0 Å². The van der Waals surface area contributed by atoms with Gasteiger partial charge in [-0.1, -0.05) is 66.6 Å². The first-order chi connectivity index (χ1) is 41.4. The van der Waals surface area contributed by atoms with E-state index < -0.39 is 12.7 Å². The van der Waals surface area contributed by atoms with Gasteiger partial charge in [0.2, 0.25) is 0 Å². The highest BCUT2D eigenvalue weighted by molar-refractivity contribution is 9.09. The number of rotatable bonds is 15. The number of aromatic nitrogens is 6. The normalized spacial score (nSPS) is 16.3. The number of nitrogens with one attached hydrogen (secondary N) is 2. The lowest BCUT2D eigenvalue weighted by Gasteiger charge is -2.31. The van der Waals surface area contributed by atoms with Crippen LogP contribution in [0.2, 0.25) is 5.15 Å². The minimum atomic E-state index is -4.75. The van der Waals surface area contributed by atoms with Crippen LogP contribution in [0, 0.1) is 46.3 Å². The van der Waals surface area contributed by atoms with E-state index in [9.17, 15) is 26.3 Å². The molecule has 10 rings (SSSR count). The van der Waals surface area contributed by atoms with Gasteiger partial charge in [0.1, 0.15) is 22.5 Å². The number of aliphatic hydroxyl groups is 4. The molecular weight excluding hydrogens is 1240 g/mol. The Morgan fingerprint density at radius 2 is 1.03 bits per heavy atom. The van der Waals surface area contributed by atoms with E-state index >= 15 is 0 Å². The number of nitrogens with zero attached hydrogens (tertiary/aromatic N) is 11. The fraction of sp³-hybridized carbons (Fsp3) is 0.567. The first kappa shape index (κ1) is 76.3. The summed E-state index contributed by atoms with van der Waals surface area (Å²) in [5, 5.41) is 67.3. The smallest absolute Gasteiger partial charge is 0.406 e. The number of alkyl halides is 7. The zero-order chi connectivity index (χ0) is 62.3. The number of imidazole rings is 2. The highest BCUT2D eigenvalue weighted by Crippen LogP contribution is 2.31. The first-order valence-electron chi connectivity index (χ1n) is 28.6. The Morgan fingerprint density at radius 3 is 1.44 bits per heavy atom. The monoisotopic (exact) mass is 1330 g/mol. The number of hydrogen-bond donors (Lipinski definition) is 7. The van der Waals surface area contributed by atoms with Crippen molar-refractivity contribution in [3.8, 4) is 46.2 Å². The highest BCUT2D eigenvalue weighted by Gasteiger charge is 2.32. The lowest BCUT2D eigenvalue weighted by molar-refractivity contribution is -0.275. The van der Waals surface area contributed by atoms with E-state index in [1.54, 1.807) is 35.0 Å². The first-order valence-corrected chi connectivity index (χ1v) is 30.1. The molecule has 28 heteroatoms. The summed E-state index contributed by atoms with van der Waals surface area (Å²) in [7, 11) is 0. The number of halogens is 8. The molecule has 6 aromatic rings. The molecule has 0 aliphatic carbocycles. The molecule has 20 nitrogen and oxygen atoms in total. The second-order valence-electron chi connectivity index (χ2n) is 20.5. The molecule has 4 fully saturated rings. The quantitative estimate of drug-likeness (QED) is 0.0373. The molecule has 8 N–H and O–H groups in total. The van der Waals surface area contributed by atoms with E-state index in [0.29, 0.717) is 56.8 Å². The molecule has 0 saturated carbocycles. The molecule has 8 heterocycles. The number of likely N-dealkylation sites (tertiary alicyclic amines) is 3. The molecule has 88 heavy (non-hydrogen) atoms. The Bertz CT molecular complexity index is 2960. The molecule has 4 aliphatic heterocycles. The number of anilines is 1. The third-order valence-corrected chi connectivity index (χ3v) is 14.9. The number of aliphatic hydroxyl groups excluding tert-OH is 4. The third kappa shape index (κ3) is 27.4. The summed E-state index contributed by atoms with van der Waals surface area (Å²) in [5.41, 5.74) is 8.79. The van der Waals surface area contributed by atoms with Crippen LogP contribution in [0.5, 0.6) is 11.5 Å². The number of nitriles is 2. The fourth-order valence-electron chi connectivity index (χ4n) is 9.69. The number of ether oxygens (including phenoxy) is 2. The molecule has 2 aromatic carbocycles. The molecule has 488 valence electrons. The maximum Gasteiger partial charge on any atom is 0.573 e. The van der Waals surface area contributed by atoms with Gasteiger partial charge in [0.25, 0.3) is 0 Å². The van der Waals surface area contributed by atoms with Crippen LogP contribution < -0.4 is 25.8 Å². The largest absolute Gasteiger partial charge is 0.573 e. The molecule has 0 spiro atoms. The van der Waals surface area contributed by atoms with E-state index in [0.717, 1.165) is 130 Å². The predicted molar refractivity (Wildman–Crippen MR) is 333 cm³/mol. The molecule has 4 aromatic heterocycles. The summed E-state index contributed by atoms with van der Waals surface area (Å²) in [6.07, 6.45) is 2.13. The molecule has 4 aliphatic rings. The van der Waals surface area contributed by atoms with E-state index in [1.807, 2.05) is 12.1 Å². The lowest BCUT2D eigenvalue weighted by Crippen LogP contribution is -2.37. The van der Waals surface area contributed by atoms with Gasteiger partial charge in [-0.25, -0.2) is 19.0 Å². The Morgan fingerprint density at radius 1 is 0.614 bits per heavy atom. The molecule has 0 atom stereocenters. The van der Waals surface area contributed by atoms with Crippen LogP contribution in [0.25, 0.3) is 33.8 Å². The number of hydrogen-bond acceptors (Lipinski definition) is 18. The molecule has 4 saturated heterocycles. The van der Waals surface area contributed by atoms with E-state index in [-0.39, 0.29) is 63.9 Å². The average molecular weight is 1330 g/mol. The van der Waals surface area contributed by atoms with Crippen LogP contribution in [0.4, 0.5) is 32.2 Å². The van der Waals surface area contributed by atoms with Gasteiger partial charge in [-0.05, 0) is 171 Å². The third-order valence-electron chi connectivity index (χ3n) is 14.4. The van der Waals surface area contributed by atoms with Crippen molar-refractivity contribution in [2.75, 3.05) is 122 Å². The maximum absolute atomic E-state index is 12.5. The van der Waals surface area contributed by atoms with Crippen molar-refractivity contribution in [2.45, 2.75) is 78.9 Å². The van der Waals surface area contributed by atoms with Gasteiger partial charge in [0.05, 0.1) is 62.3 Å². The van der Waals surface area contributed by atoms with Crippen LogP contribution in [0.1, 0.15) is 66.2 Å². The molecule has 0 bridgehead atoms. The maximum atomic E-state index is 12.5. The van der Waals surface area contributed by atoms with E-state index in [1.165, 1.54) is 60.0 Å². The van der Waals surface area contributed by atoms with Gasteiger partial charge in [0.15, 0.2) is 11.3 Å². The van der Waals surface area contributed by atoms with Crippen LogP contribution in [0.3, 0.4) is 0 Å². The number of β-amino-alcohol motifs (C(OH)–C–C–N with tert-alkyl or cyclic N) is 3. The second kappa shape index (κ2) is 40.6. The summed E-state index contributed by atoms with van der Waals surface area (Å²) >= 11 is 8.82. The summed E-state index contributed by atoms with van der Waals surface area (Å²) in [4.78, 5) is 15.2. The molecule has 0 amide bonds. The van der Waals surface area contributed by atoms with Crippen molar-refractivity contribution in [3.05, 3.63) is 90.3 Å². The fourth-order valence-corrected chi connectivity index (χ4v) is 9.83. The molecule has 0 unspecified atom stereocenters. The van der Waals surface area contributed by atoms with Gasteiger partial charge in [-0.2, -0.15) is 15.6 Å².